The highest BCUT2D eigenvalue weighted by atomic mass is 16.8. The fourth-order valence-electron chi connectivity index (χ4n) is 6.51. The van der Waals surface area contributed by atoms with Crippen LogP contribution in [0.2, 0.25) is 0 Å². The molecule has 24 atom stereocenters. The molecule has 0 spiro atoms. The molecule has 51 heavy (non-hydrogen) atoms. The number of rotatable bonds is 9. The summed E-state index contributed by atoms with van der Waals surface area (Å²) in [6, 6.07) is 0. The fraction of sp³-hybridized carbons (Fsp3) is 1.00. The Balaban J connectivity index is 1.39. The van der Waals surface area contributed by atoms with Crippen molar-refractivity contribution in [3.63, 3.8) is 0 Å². The molecule has 22 nitrogen and oxygen atoms in total. The van der Waals surface area contributed by atoms with Crippen LogP contribution < -0.4 is 0 Å². The average Bonchev–Trinajstić information content (AvgIpc) is 3.10. The van der Waals surface area contributed by atoms with Gasteiger partial charge >= 0.3 is 0 Å². The van der Waals surface area contributed by atoms with Crippen LogP contribution in [-0.2, 0) is 42.6 Å². The van der Waals surface area contributed by atoms with Crippen LogP contribution in [0.1, 0.15) is 20.8 Å². The van der Waals surface area contributed by atoms with Crippen molar-refractivity contribution >= 4 is 0 Å². The maximum absolute atomic E-state index is 11.6. The van der Waals surface area contributed by atoms with Crippen LogP contribution >= 0.6 is 0 Å². The molecule has 0 aromatic heterocycles. The van der Waals surface area contributed by atoms with Gasteiger partial charge in [-0.15, -0.1) is 0 Å². The second kappa shape index (κ2) is 16.9. The SMILES string of the molecule is C[C@H]1O[C@@H](O[C@H]2[C@H](O[C@@H]3CO[C@@H](O[C@@H]4[C@@H](O)[C@@H](O)O[C@H](C)[C@H]4O)[C@H](O[C@@H]4O[C@H](C)[C@@H](O)[C@H](O)[C@H]4O)[C@H]3O)O[C@H](CO)[C@H](O)[C@@H]2O)[C@H](O)[C@@H](O)[C@H]1O. The van der Waals surface area contributed by atoms with Crippen LogP contribution in [0.25, 0.3) is 0 Å². The van der Waals surface area contributed by atoms with Crippen molar-refractivity contribution in [1.29, 1.82) is 0 Å². The van der Waals surface area contributed by atoms with Gasteiger partial charge in [-0.2, -0.15) is 0 Å². The molecular weight excluding hydrogens is 700 g/mol. The van der Waals surface area contributed by atoms with Gasteiger partial charge in [0.25, 0.3) is 0 Å². The van der Waals surface area contributed by atoms with E-state index in [9.17, 15) is 66.4 Å². The molecule has 5 fully saturated rings. The zero-order chi connectivity index (χ0) is 37.6. The average molecular weight is 751 g/mol. The van der Waals surface area contributed by atoms with Crippen LogP contribution in [0.5, 0.6) is 0 Å². The lowest BCUT2D eigenvalue weighted by Gasteiger charge is -2.49. The van der Waals surface area contributed by atoms with Gasteiger partial charge in [0.1, 0.15) is 97.7 Å². The Labute approximate surface area is 290 Å². The van der Waals surface area contributed by atoms with Gasteiger partial charge in [-0.3, -0.25) is 0 Å². The van der Waals surface area contributed by atoms with Crippen LogP contribution in [0.3, 0.4) is 0 Å². The van der Waals surface area contributed by atoms with Gasteiger partial charge in [-0.1, -0.05) is 0 Å². The van der Waals surface area contributed by atoms with E-state index in [4.69, 9.17) is 42.6 Å². The van der Waals surface area contributed by atoms with Crippen LogP contribution in [0, 0.1) is 0 Å². The maximum Gasteiger partial charge on any atom is 0.187 e. The highest BCUT2D eigenvalue weighted by Gasteiger charge is 2.55. The first kappa shape index (κ1) is 41.3. The standard InChI is InChI=1S/C29H50O22/c1-6-11(31)16(36)19(39)26(45-6)50-23-15(35)10(5-43-28(23)49-22-13(33)8(3)44-25(42)21(22)41)48-29-24(18(38)14(34)9(4-30)47-29)51-27-20(40)17(37)12(32)7(2)46-27/h6-42H,4-5H2,1-3H3/t6-,7-,8-,9-,10-,11-,12+,13-,14+,15+,16+,17+,18+,19-,20-,21-,22+,23-,24-,25+,26+,27+,28+,29+/m1/s1. The molecule has 22 heteroatoms. The number of ether oxygens (including phenoxy) is 9. The summed E-state index contributed by atoms with van der Waals surface area (Å²) in [5, 5.41) is 136. The van der Waals surface area contributed by atoms with E-state index in [0.29, 0.717) is 0 Å². The summed E-state index contributed by atoms with van der Waals surface area (Å²) in [5.74, 6) is 0. The summed E-state index contributed by atoms with van der Waals surface area (Å²) < 4.78 is 50.7. The van der Waals surface area contributed by atoms with Crippen LogP contribution in [0.4, 0.5) is 0 Å². The second-order valence-electron chi connectivity index (χ2n) is 13.5. The van der Waals surface area contributed by atoms with Crippen molar-refractivity contribution in [2.45, 2.75) is 168 Å². The lowest BCUT2D eigenvalue weighted by atomic mass is 9.97. The van der Waals surface area contributed by atoms with Crippen LogP contribution in [0.15, 0.2) is 0 Å². The third-order valence-electron chi connectivity index (χ3n) is 9.83. The number of hydrogen-bond acceptors (Lipinski definition) is 22. The van der Waals surface area contributed by atoms with Gasteiger partial charge in [0, 0.05) is 0 Å². The van der Waals surface area contributed by atoms with Crippen molar-refractivity contribution in [3.8, 4) is 0 Å². The third kappa shape index (κ3) is 8.37. The smallest absolute Gasteiger partial charge is 0.187 e. The zero-order valence-corrected chi connectivity index (χ0v) is 27.8. The topological polar surface area (TPSA) is 346 Å². The summed E-state index contributed by atoms with van der Waals surface area (Å²) >= 11 is 0. The largest absolute Gasteiger partial charge is 0.394 e. The molecule has 13 N–H and O–H groups in total. The number of hydrogen-bond donors (Lipinski definition) is 13. The molecule has 0 radical (unpaired) electrons. The van der Waals surface area contributed by atoms with Crippen molar-refractivity contribution in [2.24, 2.45) is 0 Å². The molecule has 0 unspecified atom stereocenters. The quantitative estimate of drug-likeness (QED) is 0.104. The molecule has 5 aliphatic heterocycles. The molecule has 0 aliphatic carbocycles. The van der Waals surface area contributed by atoms with E-state index < -0.39 is 161 Å². The van der Waals surface area contributed by atoms with E-state index in [1.165, 1.54) is 20.8 Å². The minimum absolute atomic E-state index is 0.593. The molecule has 5 saturated heterocycles. The second-order valence-corrected chi connectivity index (χ2v) is 13.5. The minimum Gasteiger partial charge on any atom is -0.394 e. The monoisotopic (exact) mass is 750 g/mol. The summed E-state index contributed by atoms with van der Waals surface area (Å²) in [7, 11) is 0. The molecule has 0 aromatic rings. The van der Waals surface area contributed by atoms with E-state index in [1.54, 1.807) is 0 Å². The Hall–Kier alpha value is -0.880. The fourth-order valence-corrected chi connectivity index (χ4v) is 6.51. The minimum atomic E-state index is -1.90. The predicted octanol–water partition coefficient (Wildman–Crippen LogP) is -8.20. The van der Waals surface area contributed by atoms with E-state index in [0.717, 1.165) is 0 Å². The van der Waals surface area contributed by atoms with Crippen molar-refractivity contribution < 1.29 is 109 Å². The maximum atomic E-state index is 11.6. The Kier molecular flexibility index (Phi) is 13.7. The van der Waals surface area contributed by atoms with Crippen LogP contribution in [-0.4, -0.2) is 227 Å². The van der Waals surface area contributed by atoms with Gasteiger partial charge in [0.15, 0.2) is 31.5 Å². The van der Waals surface area contributed by atoms with Gasteiger partial charge in [-0.05, 0) is 20.8 Å². The number of aliphatic hydroxyl groups is 13. The van der Waals surface area contributed by atoms with Gasteiger partial charge in [0.05, 0.1) is 31.5 Å². The first-order valence-electron chi connectivity index (χ1n) is 16.6. The molecule has 5 heterocycles. The summed E-state index contributed by atoms with van der Waals surface area (Å²) in [4.78, 5) is 0. The zero-order valence-electron chi connectivity index (χ0n) is 27.8. The highest BCUT2D eigenvalue weighted by molar-refractivity contribution is 4.97. The lowest BCUT2D eigenvalue weighted by molar-refractivity contribution is -0.397. The number of aliphatic hydroxyl groups excluding tert-OH is 13. The Morgan fingerprint density at radius 1 is 0.431 bits per heavy atom. The van der Waals surface area contributed by atoms with Crippen molar-refractivity contribution in [3.05, 3.63) is 0 Å². The van der Waals surface area contributed by atoms with E-state index in [2.05, 4.69) is 0 Å². The molecule has 5 rings (SSSR count). The molecular formula is C29H50O22. The molecule has 0 saturated carbocycles. The summed E-state index contributed by atoms with van der Waals surface area (Å²) in [6.07, 6.45) is -39.3. The van der Waals surface area contributed by atoms with Gasteiger partial charge < -0.3 is 109 Å². The predicted molar refractivity (Wildman–Crippen MR) is 156 cm³/mol. The molecule has 0 bridgehead atoms. The van der Waals surface area contributed by atoms with Gasteiger partial charge in [-0.25, -0.2) is 0 Å². The molecule has 298 valence electrons. The first-order valence-corrected chi connectivity index (χ1v) is 16.6. The summed E-state index contributed by atoms with van der Waals surface area (Å²) in [5.41, 5.74) is 0. The Morgan fingerprint density at radius 3 is 1.45 bits per heavy atom. The molecule has 0 aromatic carbocycles. The third-order valence-corrected chi connectivity index (χ3v) is 9.83. The van der Waals surface area contributed by atoms with Gasteiger partial charge in [0.2, 0.25) is 0 Å². The van der Waals surface area contributed by atoms with E-state index >= 15 is 0 Å². The lowest BCUT2D eigenvalue weighted by Crippen LogP contribution is -2.67. The Bertz CT molecular complexity index is 1090. The van der Waals surface area contributed by atoms with Crippen molar-refractivity contribution in [1.82, 2.24) is 0 Å². The summed E-state index contributed by atoms with van der Waals surface area (Å²) in [6.45, 7) is 2.70. The molecule has 0 amide bonds. The highest BCUT2D eigenvalue weighted by Crippen LogP contribution is 2.35. The van der Waals surface area contributed by atoms with E-state index in [1.807, 2.05) is 0 Å². The van der Waals surface area contributed by atoms with Crippen molar-refractivity contribution in [2.75, 3.05) is 13.2 Å². The normalized spacial score (nSPS) is 55.8. The molecule has 5 aliphatic rings. The Morgan fingerprint density at radius 2 is 0.922 bits per heavy atom. The first-order chi connectivity index (χ1) is 24.0. The van der Waals surface area contributed by atoms with E-state index in [-0.39, 0.29) is 0 Å².